The highest BCUT2D eigenvalue weighted by atomic mass is 32.2. The minimum Gasteiger partial charge on any atom is -0.338 e. The topological polar surface area (TPSA) is 66.5 Å². The molecule has 0 aromatic heterocycles. The molecule has 1 saturated carbocycles. The van der Waals surface area contributed by atoms with Gasteiger partial charge >= 0.3 is 0 Å². The lowest BCUT2D eigenvalue weighted by molar-refractivity contribution is 0.0748. The summed E-state index contributed by atoms with van der Waals surface area (Å²) >= 11 is 0. The van der Waals surface area contributed by atoms with Crippen molar-refractivity contribution < 1.29 is 13.2 Å². The Morgan fingerprint density at radius 1 is 1.38 bits per heavy atom. The van der Waals surface area contributed by atoms with Crippen LogP contribution in [0.3, 0.4) is 0 Å². The first-order valence-electron chi connectivity index (χ1n) is 7.26. The van der Waals surface area contributed by atoms with Gasteiger partial charge in [-0.25, -0.2) is 8.42 Å². The second-order valence-electron chi connectivity index (χ2n) is 5.65. The molecule has 1 fully saturated rings. The Hall–Kier alpha value is -1.56. The Morgan fingerprint density at radius 2 is 2.10 bits per heavy atom. The van der Waals surface area contributed by atoms with Crippen LogP contribution in [0.15, 0.2) is 24.3 Å². The van der Waals surface area contributed by atoms with Gasteiger partial charge in [-0.3, -0.25) is 9.52 Å². The van der Waals surface area contributed by atoms with Crippen molar-refractivity contribution in [1.29, 1.82) is 0 Å². The molecule has 0 atom stereocenters. The van der Waals surface area contributed by atoms with E-state index in [0.29, 0.717) is 17.2 Å². The van der Waals surface area contributed by atoms with Gasteiger partial charge in [0.1, 0.15) is 0 Å². The zero-order valence-corrected chi connectivity index (χ0v) is 13.3. The van der Waals surface area contributed by atoms with Crippen LogP contribution in [0.5, 0.6) is 0 Å². The first kappa shape index (κ1) is 15.8. The highest BCUT2D eigenvalue weighted by molar-refractivity contribution is 7.92. The number of nitrogens with one attached hydrogen (secondary N) is 1. The lowest BCUT2D eigenvalue weighted by atomic mass is 10.1. The Labute approximate surface area is 126 Å². The van der Waals surface area contributed by atoms with Gasteiger partial charge in [0.05, 0.1) is 6.26 Å². The largest absolute Gasteiger partial charge is 0.338 e. The molecule has 1 aliphatic carbocycles. The Kier molecular flexibility index (Phi) is 4.88. The summed E-state index contributed by atoms with van der Waals surface area (Å²) in [5.74, 6) is 0.610. The average molecular weight is 310 g/mol. The van der Waals surface area contributed by atoms with Crippen LogP contribution in [0.25, 0.3) is 0 Å². The van der Waals surface area contributed by atoms with E-state index in [0.717, 1.165) is 25.8 Å². The van der Waals surface area contributed by atoms with E-state index >= 15 is 0 Å². The molecule has 0 aliphatic heterocycles. The van der Waals surface area contributed by atoms with E-state index in [9.17, 15) is 13.2 Å². The summed E-state index contributed by atoms with van der Waals surface area (Å²) in [5.41, 5.74) is 0.948. The molecule has 1 aromatic rings. The summed E-state index contributed by atoms with van der Waals surface area (Å²) in [6, 6.07) is 6.66. The third kappa shape index (κ3) is 5.04. The lowest BCUT2D eigenvalue weighted by Gasteiger charge is -2.22. The van der Waals surface area contributed by atoms with Crippen LogP contribution in [-0.2, 0) is 10.0 Å². The van der Waals surface area contributed by atoms with Crippen LogP contribution in [0.4, 0.5) is 5.69 Å². The molecule has 5 nitrogen and oxygen atoms in total. The van der Waals surface area contributed by atoms with Gasteiger partial charge in [0, 0.05) is 24.3 Å². The Morgan fingerprint density at radius 3 is 2.67 bits per heavy atom. The van der Waals surface area contributed by atoms with Crippen molar-refractivity contribution in [2.45, 2.75) is 26.2 Å². The molecular formula is C15H22N2O3S. The lowest BCUT2D eigenvalue weighted by Crippen LogP contribution is -2.33. The van der Waals surface area contributed by atoms with Crippen molar-refractivity contribution in [3.8, 4) is 0 Å². The second kappa shape index (κ2) is 6.47. The molecule has 2 rings (SSSR count). The number of sulfonamides is 1. The number of nitrogens with zero attached hydrogens (tertiary/aromatic N) is 1. The predicted molar refractivity (Wildman–Crippen MR) is 83.8 cm³/mol. The molecule has 0 heterocycles. The average Bonchev–Trinajstić information content (AvgIpc) is 3.20. The van der Waals surface area contributed by atoms with Crippen LogP contribution < -0.4 is 4.72 Å². The van der Waals surface area contributed by atoms with Crippen molar-refractivity contribution in [2.24, 2.45) is 5.92 Å². The fourth-order valence-electron chi connectivity index (χ4n) is 2.27. The molecule has 0 spiro atoms. The number of benzene rings is 1. The van der Waals surface area contributed by atoms with E-state index in [-0.39, 0.29) is 5.91 Å². The molecule has 0 bridgehead atoms. The van der Waals surface area contributed by atoms with Crippen LogP contribution in [0.1, 0.15) is 36.5 Å². The monoisotopic (exact) mass is 310 g/mol. The second-order valence-corrected chi connectivity index (χ2v) is 7.40. The third-order valence-electron chi connectivity index (χ3n) is 3.37. The minimum absolute atomic E-state index is 0.0269. The number of rotatable bonds is 7. The highest BCUT2D eigenvalue weighted by Gasteiger charge is 2.26. The maximum atomic E-state index is 12.6. The smallest absolute Gasteiger partial charge is 0.253 e. The number of hydrogen-bond donors (Lipinski definition) is 1. The minimum atomic E-state index is -3.33. The van der Waals surface area contributed by atoms with Crippen LogP contribution >= 0.6 is 0 Å². The van der Waals surface area contributed by atoms with Gasteiger partial charge in [0.15, 0.2) is 0 Å². The SMILES string of the molecule is CCCN(CC1CC1)C(=O)c1cccc(NS(C)(=O)=O)c1. The zero-order chi connectivity index (χ0) is 15.5. The number of carbonyl (C=O) groups is 1. The summed E-state index contributed by atoms with van der Waals surface area (Å²) in [5, 5.41) is 0. The summed E-state index contributed by atoms with van der Waals surface area (Å²) < 4.78 is 24.9. The van der Waals surface area contributed by atoms with Gasteiger partial charge in [-0.05, 0) is 43.4 Å². The van der Waals surface area contributed by atoms with Crippen molar-refractivity contribution in [3.05, 3.63) is 29.8 Å². The van der Waals surface area contributed by atoms with E-state index in [4.69, 9.17) is 0 Å². The summed E-state index contributed by atoms with van der Waals surface area (Å²) in [6.07, 6.45) is 4.41. The number of amides is 1. The van der Waals surface area contributed by atoms with Gasteiger partial charge in [-0.1, -0.05) is 13.0 Å². The highest BCUT2D eigenvalue weighted by Crippen LogP contribution is 2.30. The fourth-order valence-corrected chi connectivity index (χ4v) is 2.83. The third-order valence-corrected chi connectivity index (χ3v) is 3.98. The summed E-state index contributed by atoms with van der Waals surface area (Å²) in [4.78, 5) is 14.4. The van der Waals surface area contributed by atoms with Crippen molar-refractivity contribution >= 4 is 21.6 Å². The first-order valence-corrected chi connectivity index (χ1v) is 9.15. The Balaban J connectivity index is 2.14. The van der Waals surface area contributed by atoms with E-state index < -0.39 is 10.0 Å². The van der Waals surface area contributed by atoms with Gasteiger partial charge in [0.2, 0.25) is 10.0 Å². The molecule has 116 valence electrons. The zero-order valence-electron chi connectivity index (χ0n) is 12.5. The molecule has 1 N–H and O–H groups in total. The maximum Gasteiger partial charge on any atom is 0.253 e. The quantitative estimate of drug-likeness (QED) is 0.840. The molecular weight excluding hydrogens is 288 g/mol. The van der Waals surface area contributed by atoms with E-state index in [1.165, 1.54) is 12.8 Å². The molecule has 0 saturated heterocycles. The van der Waals surface area contributed by atoms with Gasteiger partial charge in [-0.15, -0.1) is 0 Å². The molecule has 1 amide bonds. The number of anilines is 1. The standard InChI is InChI=1S/C15H22N2O3S/c1-3-9-17(11-12-7-8-12)15(18)13-5-4-6-14(10-13)16-21(2,19)20/h4-6,10,12,16H,3,7-9,11H2,1-2H3. The molecule has 1 aromatic carbocycles. The van der Waals surface area contributed by atoms with Gasteiger partial charge in [-0.2, -0.15) is 0 Å². The van der Waals surface area contributed by atoms with Crippen LogP contribution in [0.2, 0.25) is 0 Å². The first-order chi connectivity index (χ1) is 9.89. The van der Waals surface area contributed by atoms with E-state index in [1.54, 1.807) is 24.3 Å². The Bertz CT molecular complexity index is 609. The summed E-state index contributed by atoms with van der Waals surface area (Å²) in [7, 11) is -3.33. The maximum absolute atomic E-state index is 12.6. The normalized spacial score (nSPS) is 14.8. The van der Waals surface area contributed by atoms with Crippen LogP contribution in [0, 0.1) is 5.92 Å². The number of hydrogen-bond acceptors (Lipinski definition) is 3. The van der Waals surface area contributed by atoms with E-state index in [1.807, 2.05) is 4.90 Å². The van der Waals surface area contributed by atoms with Gasteiger partial charge < -0.3 is 4.90 Å². The van der Waals surface area contributed by atoms with Crippen molar-refractivity contribution in [1.82, 2.24) is 4.90 Å². The number of carbonyl (C=O) groups excluding carboxylic acids is 1. The van der Waals surface area contributed by atoms with Gasteiger partial charge in [0.25, 0.3) is 5.91 Å². The molecule has 1 aliphatic rings. The molecule has 21 heavy (non-hydrogen) atoms. The molecule has 0 radical (unpaired) electrons. The predicted octanol–water partition coefficient (Wildman–Crippen LogP) is 2.32. The van der Waals surface area contributed by atoms with Crippen LogP contribution in [-0.4, -0.2) is 38.6 Å². The summed E-state index contributed by atoms with van der Waals surface area (Å²) in [6.45, 7) is 3.59. The fraction of sp³-hybridized carbons (Fsp3) is 0.533. The molecule has 6 heteroatoms. The van der Waals surface area contributed by atoms with Crippen molar-refractivity contribution in [2.75, 3.05) is 24.1 Å². The van der Waals surface area contributed by atoms with Crippen molar-refractivity contribution in [3.63, 3.8) is 0 Å². The van der Waals surface area contributed by atoms with E-state index in [2.05, 4.69) is 11.6 Å². The molecule has 0 unspecified atom stereocenters.